The van der Waals surface area contributed by atoms with Crippen molar-refractivity contribution >= 4 is 17.6 Å². The largest absolute Gasteiger partial charge is 0.494 e. The van der Waals surface area contributed by atoms with Crippen molar-refractivity contribution in [3.8, 4) is 17.2 Å². The minimum absolute atomic E-state index is 0.0921. The van der Waals surface area contributed by atoms with Gasteiger partial charge in [-0.25, -0.2) is 4.99 Å². The molecule has 0 spiro atoms. The van der Waals surface area contributed by atoms with Crippen LogP contribution in [0.4, 0.5) is 5.69 Å². The summed E-state index contributed by atoms with van der Waals surface area (Å²) >= 11 is 0. The molecule has 0 aliphatic rings. The average molecular weight is 267 g/mol. The van der Waals surface area contributed by atoms with E-state index in [1.165, 1.54) is 21.3 Å². The summed E-state index contributed by atoms with van der Waals surface area (Å²) in [7, 11) is 4.53. The number of benzene rings is 1. The molecule has 0 saturated heterocycles. The fraction of sp³-hybridized carbons (Fsp3) is 0.273. The zero-order valence-electron chi connectivity index (χ0n) is 11.0. The third kappa shape index (κ3) is 3.66. The van der Waals surface area contributed by atoms with Crippen molar-refractivity contribution in [2.75, 3.05) is 21.3 Å². The third-order valence-electron chi connectivity index (χ3n) is 2.16. The minimum atomic E-state index is -0.180. The smallest absolute Gasteiger partial charge is 0.223 e. The summed E-state index contributed by atoms with van der Waals surface area (Å²) in [6.07, 6.45) is 0. The van der Waals surface area contributed by atoms with Crippen LogP contribution < -0.4 is 31.4 Å². The van der Waals surface area contributed by atoms with Gasteiger partial charge in [0.05, 0.1) is 21.3 Å². The van der Waals surface area contributed by atoms with E-state index in [1.807, 2.05) is 0 Å². The summed E-state index contributed by atoms with van der Waals surface area (Å²) in [6.45, 7) is 0. The first-order chi connectivity index (χ1) is 9.01. The lowest BCUT2D eigenvalue weighted by atomic mass is 10.2. The van der Waals surface area contributed by atoms with Gasteiger partial charge in [0.25, 0.3) is 0 Å². The van der Waals surface area contributed by atoms with Gasteiger partial charge in [-0.15, -0.1) is 0 Å². The highest BCUT2D eigenvalue weighted by atomic mass is 16.5. The second-order valence-corrected chi connectivity index (χ2v) is 3.39. The SMILES string of the molecule is COc1cc(OC)c(OC)cc1N=C(N)N=C(N)N. The Hall–Kier alpha value is -2.64. The molecule has 0 aliphatic carbocycles. The molecule has 6 N–H and O–H groups in total. The van der Waals surface area contributed by atoms with Crippen molar-refractivity contribution < 1.29 is 14.2 Å². The maximum Gasteiger partial charge on any atom is 0.223 e. The molecule has 0 fully saturated rings. The van der Waals surface area contributed by atoms with Gasteiger partial charge >= 0.3 is 0 Å². The van der Waals surface area contributed by atoms with E-state index in [1.54, 1.807) is 12.1 Å². The number of hydrogen-bond acceptors (Lipinski definition) is 4. The molecule has 1 rings (SSSR count). The monoisotopic (exact) mass is 267 g/mol. The van der Waals surface area contributed by atoms with Crippen LogP contribution in [0.15, 0.2) is 22.1 Å². The maximum absolute atomic E-state index is 5.57. The lowest BCUT2D eigenvalue weighted by Gasteiger charge is -2.11. The van der Waals surface area contributed by atoms with Gasteiger partial charge in [0.2, 0.25) is 5.96 Å². The van der Waals surface area contributed by atoms with Crippen molar-refractivity contribution in [1.29, 1.82) is 0 Å². The molecular weight excluding hydrogens is 250 g/mol. The maximum atomic E-state index is 5.57. The Balaban J connectivity index is 3.30. The first-order valence-corrected chi connectivity index (χ1v) is 5.25. The van der Waals surface area contributed by atoms with Crippen LogP contribution in [0.2, 0.25) is 0 Å². The average Bonchev–Trinajstić information content (AvgIpc) is 2.37. The summed E-state index contributed by atoms with van der Waals surface area (Å²) in [5, 5.41) is 0. The molecule has 1 aromatic rings. The van der Waals surface area contributed by atoms with Gasteiger partial charge in [-0.1, -0.05) is 0 Å². The van der Waals surface area contributed by atoms with E-state index >= 15 is 0 Å². The molecule has 1 aromatic carbocycles. The van der Waals surface area contributed by atoms with E-state index in [9.17, 15) is 0 Å². The number of nitrogens with two attached hydrogens (primary N) is 3. The zero-order chi connectivity index (χ0) is 14.4. The Kier molecular flexibility index (Phi) is 4.81. The van der Waals surface area contributed by atoms with Crippen LogP contribution in [0.5, 0.6) is 17.2 Å². The second kappa shape index (κ2) is 6.34. The van der Waals surface area contributed by atoms with E-state index in [0.717, 1.165) is 0 Å². The van der Waals surface area contributed by atoms with Gasteiger partial charge in [0.1, 0.15) is 11.4 Å². The highest BCUT2D eigenvalue weighted by Crippen LogP contribution is 2.39. The van der Waals surface area contributed by atoms with Gasteiger partial charge in [-0.05, 0) is 0 Å². The van der Waals surface area contributed by atoms with Crippen LogP contribution in [0.25, 0.3) is 0 Å². The highest BCUT2D eigenvalue weighted by molar-refractivity contribution is 5.94. The molecule has 0 atom stereocenters. The number of nitrogens with zero attached hydrogens (tertiary/aromatic N) is 2. The first-order valence-electron chi connectivity index (χ1n) is 5.25. The lowest BCUT2D eigenvalue weighted by Crippen LogP contribution is -2.26. The van der Waals surface area contributed by atoms with Crippen molar-refractivity contribution in [1.82, 2.24) is 0 Å². The molecule has 0 saturated carbocycles. The molecule has 0 bridgehead atoms. The van der Waals surface area contributed by atoms with E-state index < -0.39 is 0 Å². The second-order valence-electron chi connectivity index (χ2n) is 3.39. The number of rotatable bonds is 4. The van der Waals surface area contributed by atoms with Gasteiger partial charge in [0.15, 0.2) is 17.5 Å². The van der Waals surface area contributed by atoms with Crippen LogP contribution in [0.3, 0.4) is 0 Å². The van der Waals surface area contributed by atoms with Crippen molar-refractivity contribution in [2.45, 2.75) is 0 Å². The Bertz CT molecular complexity index is 509. The number of guanidine groups is 2. The fourth-order valence-electron chi connectivity index (χ4n) is 1.38. The topological polar surface area (TPSA) is 130 Å². The van der Waals surface area contributed by atoms with Crippen LogP contribution in [0.1, 0.15) is 0 Å². The zero-order valence-corrected chi connectivity index (χ0v) is 11.0. The predicted molar refractivity (Wildman–Crippen MR) is 73.2 cm³/mol. The summed E-state index contributed by atoms with van der Waals surface area (Å²) in [6, 6.07) is 3.23. The van der Waals surface area contributed by atoms with Gasteiger partial charge in [0, 0.05) is 12.1 Å². The van der Waals surface area contributed by atoms with Crippen molar-refractivity contribution in [2.24, 2.45) is 27.2 Å². The molecule has 8 heteroatoms. The summed E-state index contributed by atoms with van der Waals surface area (Å²) in [4.78, 5) is 7.66. The van der Waals surface area contributed by atoms with E-state index in [2.05, 4.69) is 9.98 Å². The number of ether oxygens (including phenoxy) is 3. The number of aliphatic imine (C=N–C) groups is 2. The Morgan fingerprint density at radius 1 is 0.895 bits per heavy atom. The van der Waals surface area contributed by atoms with Crippen molar-refractivity contribution in [3.05, 3.63) is 12.1 Å². The summed E-state index contributed by atoms with van der Waals surface area (Å²) in [5.74, 6) is 1.18. The first kappa shape index (κ1) is 14.4. The molecule has 19 heavy (non-hydrogen) atoms. The van der Waals surface area contributed by atoms with Crippen LogP contribution in [-0.4, -0.2) is 33.2 Å². The lowest BCUT2D eigenvalue weighted by molar-refractivity contribution is 0.349. The standard InChI is InChI=1S/C11H17N5O3/c1-17-7-5-9(19-3)8(18-2)4-6(7)15-11(14)16-10(12)13/h4-5H,1-3H3,(H6,12,13,14,15,16). The fourth-order valence-corrected chi connectivity index (χ4v) is 1.38. The Morgan fingerprint density at radius 3 is 1.89 bits per heavy atom. The number of hydrogen-bond donors (Lipinski definition) is 3. The highest BCUT2D eigenvalue weighted by Gasteiger charge is 2.11. The van der Waals surface area contributed by atoms with E-state index in [4.69, 9.17) is 31.4 Å². The van der Waals surface area contributed by atoms with E-state index in [0.29, 0.717) is 22.9 Å². The third-order valence-corrected chi connectivity index (χ3v) is 2.16. The molecule has 0 radical (unpaired) electrons. The molecule has 8 nitrogen and oxygen atoms in total. The van der Waals surface area contributed by atoms with Gasteiger partial charge < -0.3 is 31.4 Å². The van der Waals surface area contributed by atoms with Crippen molar-refractivity contribution in [3.63, 3.8) is 0 Å². The minimum Gasteiger partial charge on any atom is -0.494 e. The van der Waals surface area contributed by atoms with Crippen LogP contribution in [0, 0.1) is 0 Å². The summed E-state index contributed by atoms with van der Waals surface area (Å²) in [5.41, 5.74) is 16.4. The quantitative estimate of drug-likeness (QED) is 0.517. The molecule has 0 amide bonds. The van der Waals surface area contributed by atoms with Gasteiger partial charge in [-0.2, -0.15) is 4.99 Å². The molecule has 104 valence electrons. The van der Waals surface area contributed by atoms with E-state index in [-0.39, 0.29) is 11.9 Å². The molecule has 0 aliphatic heterocycles. The van der Waals surface area contributed by atoms with Gasteiger partial charge in [-0.3, -0.25) is 0 Å². The molecular formula is C11H17N5O3. The Labute approximate surface area is 110 Å². The van der Waals surface area contributed by atoms with Crippen LogP contribution in [-0.2, 0) is 0 Å². The summed E-state index contributed by atoms with van der Waals surface area (Å²) < 4.78 is 15.5. The molecule has 0 aromatic heterocycles. The molecule has 0 unspecified atom stereocenters. The molecule has 0 heterocycles. The normalized spacial score (nSPS) is 10.8. The van der Waals surface area contributed by atoms with Crippen LogP contribution >= 0.6 is 0 Å². The predicted octanol–water partition coefficient (Wildman–Crippen LogP) is -0.0680. The number of methoxy groups -OCH3 is 3. The Morgan fingerprint density at radius 2 is 1.42 bits per heavy atom.